The van der Waals surface area contributed by atoms with E-state index in [0.29, 0.717) is 11.1 Å². The van der Waals surface area contributed by atoms with Gasteiger partial charge in [0.2, 0.25) is 5.88 Å². The molecule has 0 saturated carbocycles. The quantitative estimate of drug-likeness (QED) is 0.772. The van der Waals surface area contributed by atoms with Crippen LogP contribution in [-0.4, -0.2) is 12.1 Å². The summed E-state index contributed by atoms with van der Waals surface area (Å²) < 4.78 is 55.2. The molecular formula is C13H9F4NO. The lowest BCUT2D eigenvalue weighted by atomic mass is 10.1. The molecule has 1 aromatic heterocycles. The first-order valence-electron chi connectivity index (χ1n) is 5.30. The van der Waals surface area contributed by atoms with Gasteiger partial charge in [0, 0.05) is 5.56 Å². The predicted molar refractivity (Wildman–Crippen MR) is 61.2 cm³/mol. The molecule has 0 aliphatic carbocycles. The fraction of sp³-hybridized carbons (Fsp3) is 0.154. The SMILES string of the molecule is COc1nc(C(F)(F)F)ccc1-c1ccc(F)cc1. The van der Waals surface area contributed by atoms with Gasteiger partial charge in [0.05, 0.1) is 7.11 Å². The Hall–Kier alpha value is -2.11. The number of aromatic nitrogens is 1. The number of hydrogen-bond acceptors (Lipinski definition) is 2. The van der Waals surface area contributed by atoms with E-state index in [1.807, 2.05) is 0 Å². The first kappa shape index (κ1) is 13.3. The van der Waals surface area contributed by atoms with Gasteiger partial charge < -0.3 is 4.74 Å². The van der Waals surface area contributed by atoms with Gasteiger partial charge in [0.1, 0.15) is 11.5 Å². The number of nitrogens with zero attached hydrogens (tertiary/aromatic N) is 1. The molecule has 2 nitrogen and oxygen atoms in total. The molecule has 2 rings (SSSR count). The molecule has 0 amide bonds. The summed E-state index contributed by atoms with van der Waals surface area (Å²) in [5, 5.41) is 0. The molecule has 0 N–H and O–H groups in total. The van der Waals surface area contributed by atoms with Gasteiger partial charge in [0.25, 0.3) is 0 Å². The van der Waals surface area contributed by atoms with Crippen LogP contribution in [0.25, 0.3) is 11.1 Å². The molecule has 100 valence electrons. The Bertz CT molecular complexity index is 578. The summed E-state index contributed by atoms with van der Waals surface area (Å²) in [4.78, 5) is 3.42. The highest BCUT2D eigenvalue weighted by Gasteiger charge is 2.33. The van der Waals surface area contributed by atoms with Crippen LogP contribution in [0.5, 0.6) is 5.88 Å². The Kier molecular flexibility index (Phi) is 3.42. The van der Waals surface area contributed by atoms with Gasteiger partial charge in [-0.25, -0.2) is 9.37 Å². The molecule has 0 aliphatic heterocycles. The molecule has 0 spiro atoms. The number of hydrogen-bond donors (Lipinski definition) is 0. The van der Waals surface area contributed by atoms with E-state index in [1.165, 1.54) is 37.4 Å². The molecule has 0 aliphatic rings. The van der Waals surface area contributed by atoms with Crippen LogP contribution in [0.15, 0.2) is 36.4 Å². The van der Waals surface area contributed by atoms with Gasteiger partial charge in [-0.15, -0.1) is 0 Å². The van der Waals surface area contributed by atoms with Crippen LogP contribution >= 0.6 is 0 Å². The van der Waals surface area contributed by atoms with Crippen molar-refractivity contribution in [1.29, 1.82) is 0 Å². The van der Waals surface area contributed by atoms with E-state index in [2.05, 4.69) is 4.98 Å². The van der Waals surface area contributed by atoms with Gasteiger partial charge in [-0.1, -0.05) is 12.1 Å². The van der Waals surface area contributed by atoms with Crippen LogP contribution in [-0.2, 0) is 6.18 Å². The van der Waals surface area contributed by atoms with E-state index >= 15 is 0 Å². The molecule has 0 atom stereocenters. The van der Waals surface area contributed by atoms with Crippen LogP contribution in [0.4, 0.5) is 17.6 Å². The molecule has 0 saturated heterocycles. The van der Waals surface area contributed by atoms with Gasteiger partial charge >= 0.3 is 6.18 Å². The summed E-state index contributed by atoms with van der Waals surface area (Å²) in [6, 6.07) is 7.44. The normalized spacial score (nSPS) is 11.4. The second-order valence-corrected chi connectivity index (χ2v) is 3.76. The summed E-state index contributed by atoms with van der Waals surface area (Å²) in [6.07, 6.45) is -4.53. The third-order valence-electron chi connectivity index (χ3n) is 2.50. The highest BCUT2D eigenvalue weighted by molar-refractivity contribution is 5.68. The number of alkyl halides is 3. The predicted octanol–water partition coefficient (Wildman–Crippen LogP) is 3.92. The standard InChI is InChI=1S/C13H9F4NO/c1-19-12-10(8-2-4-9(14)5-3-8)6-7-11(18-12)13(15,16)17/h2-7H,1H3. The van der Waals surface area contributed by atoms with Crippen molar-refractivity contribution in [3.63, 3.8) is 0 Å². The minimum Gasteiger partial charge on any atom is -0.481 e. The average Bonchev–Trinajstić information content (AvgIpc) is 2.38. The average molecular weight is 271 g/mol. The van der Waals surface area contributed by atoms with Gasteiger partial charge in [-0.2, -0.15) is 13.2 Å². The molecule has 1 heterocycles. The van der Waals surface area contributed by atoms with Gasteiger partial charge in [0.15, 0.2) is 0 Å². The zero-order valence-corrected chi connectivity index (χ0v) is 9.83. The van der Waals surface area contributed by atoms with E-state index in [0.717, 1.165) is 6.07 Å². The summed E-state index contributed by atoms with van der Waals surface area (Å²) in [7, 11) is 1.23. The fourth-order valence-corrected chi connectivity index (χ4v) is 1.60. The van der Waals surface area contributed by atoms with Gasteiger partial charge in [-0.05, 0) is 29.8 Å². The lowest BCUT2D eigenvalue weighted by Gasteiger charge is -2.11. The largest absolute Gasteiger partial charge is 0.481 e. The zero-order valence-electron chi connectivity index (χ0n) is 9.83. The molecule has 0 unspecified atom stereocenters. The van der Waals surface area contributed by atoms with Crippen molar-refractivity contribution in [3.05, 3.63) is 47.9 Å². The number of pyridine rings is 1. The highest BCUT2D eigenvalue weighted by Crippen LogP contribution is 2.34. The van der Waals surface area contributed by atoms with Crippen molar-refractivity contribution < 1.29 is 22.3 Å². The van der Waals surface area contributed by atoms with E-state index in [1.54, 1.807) is 0 Å². The number of rotatable bonds is 2. The Morgan fingerprint density at radius 1 is 1.00 bits per heavy atom. The molecule has 19 heavy (non-hydrogen) atoms. The number of ether oxygens (including phenoxy) is 1. The van der Waals surface area contributed by atoms with Gasteiger partial charge in [-0.3, -0.25) is 0 Å². The topological polar surface area (TPSA) is 22.1 Å². The molecule has 6 heteroatoms. The van der Waals surface area contributed by atoms with Crippen LogP contribution in [0.1, 0.15) is 5.69 Å². The maximum absolute atomic E-state index is 12.8. The van der Waals surface area contributed by atoms with Crippen LogP contribution in [0.3, 0.4) is 0 Å². The molecule has 2 aromatic rings. The second-order valence-electron chi connectivity index (χ2n) is 3.76. The van der Waals surface area contributed by atoms with Crippen molar-refractivity contribution in [2.45, 2.75) is 6.18 Å². The summed E-state index contributed by atoms with van der Waals surface area (Å²) in [5.41, 5.74) is -0.134. The van der Waals surface area contributed by atoms with Crippen molar-refractivity contribution >= 4 is 0 Å². The Balaban J connectivity index is 2.50. The summed E-state index contributed by atoms with van der Waals surface area (Å²) in [5.74, 6) is -0.580. The van der Waals surface area contributed by atoms with E-state index < -0.39 is 17.7 Å². The number of halogens is 4. The van der Waals surface area contributed by atoms with Crippen LogP contribution < -0.4 is 4.74 Å². The summed E-state index contributed by atoms with van der Waals surface area (Å²) in [6.45, 7) is 0. The maximum atomic E-state index is 12.8. The zero-order chi connectivity index (χ0) is 14.0. The fourth-order valence-electron chi connectivity index (χ4n) is 1.60. The minimum atomic E-state index is -4.53. The van der Waals surface area contributed by atoms with E-state index in [9.17, 15) is 17.6 Å². The lowest BCUT2D eigenvalue weighted by molar-refractivity contribution is -0.141. The van der Waals surface area contributed by atoms with Crippen LogP contribution in [0, 0.1) is 5.82 Å². The summed E-state index contributed by atoms with van der Waals surface area (Å²) >= 11 is 0. The Labute approximate surface area is 106 Å². The first-order valence-corrected chi connectivity index (χ1v) is 5.30. The Morgan fingerprint density at radius 2 is 1.63 bits per heavy atom. The maximum Gasteiger partial charge on any atom is 0.433 e. The highest BCUT2D eigenvalue weighted by atomic mass is 19.4. The lowest BCUT2D eigenvalue weighted by Crippen LogP contribution is -2.08. The molecule has 0 fully saturated rings. The van der Waals surface area contributed by atoms with Crippen molar-refractivity contribution in [2.75, 3.05) is 7.11 Å². The third kappa shape index (κ3) is 2.83. The third-order valence-corrected chi connectivity index (χ3v) is 2.50. The van der Waals surface area contributed by atoms with Crippen LogP contribution in [0.2, 0.25) is 0 Å². The molecule has 0 radical (unpaired) electrons. The van der Waals surface area contributed by atoms with E-state index in [4.69, 9.17) is 4.74 Å². The number of methoxy groups -OCH3 is 1. The molecule has 1 aromatic carbocycles. The minimum absolute atomic E-state index is 0.151. The van der Waals surface area contributed by atoms with E-state index in [-0.39, 0.29) is 5.88 Å². The van der Waals surface area contributed by atoms with Crippen molar-refractivity contribution in [1.82, 2.24) is 4.98 Å². The monoisotopic (exact) mass is 271 g/mol. The smallest absolute Gasteiger partial charge is 0.433 e. The molecular weight excluding hydrogens is 262 g/mol. The number of benzene rings is 1. The van der Waals surface area contributed by atoms with Crippen molar-refractivity contribution in [2.24, 2.45) is 0 Å². The Morgan fingerprint density at radius 3 is 2.16 bits per heavy atom. The second kappa shape index (κ2) is 4.87. The van der Waals surface area contributed by atoms with Crippen molar-refractivity contribution in [3.8, 4) is 17.0 Å². The molecule has 0 bridgehead atoms. The first-order chi connectivity index (χ1) is 8.91.